The number of fused-ring (bicyclic) bond motifs is 2. The number of nitrogens with zero attached hydrogens (tertiary/aromatic N) is 4. The molecular formula is C29H34N6O5. The number of hydrogen-bond acceptors (Lipinski definition) is 7. The third-order valence-electron chi connectivity index (χ3n) is 9.22. The predicted molar refractivity (Wildman–Crippen MR) is 146 cm³/mol. The van der Waals surface area contributed by atoms with Crippen LogP contribution in [0.25, 0.3) is 11.0 Å². The SMILES string of the molecule is CC[C@@H](CO)N1C(=O)[C@@H]2[C@H](C(=O)Nc3ccccc3)[C@@]3(C)OC2(CC3C)C1C(=O)NCn1nnc2ccccc21. The van der Waals surface area contributed by atoms with Crippen LogP contribution in [-0.2, 0) is 25.8 Å². The lowest BCUT2D eigenvalue weighted by atomic mass is 9.62. The minimum atomic E-state index is -1.21. The highest BCUT2D eigenvalue weighted by molar-refractivity contribution is 6.02. The number of nitrogens with one attached hydrogen (secondary N) is 2. The van der Waals surface area contributed by atoms with Crippen molar-refractivity contribution in [1.82, 2.24) is 25.2 Å². The molecule has 0 aliphatic carbocycles. The molecule has 2 aromatic carbocycles. The maximum absolute atomic E-state index is 14.2. The van der Waals surface area contributed by atoms with E-state index in [0.29, 0.717) is 24.0 Å². The molecule has 11 nitrogen and oxygen atoms in total. The Kier molecular flexibility index (Phi) is 6.38. The van der Waals surface area contributed by atoms with Crippen LogP contribution < -0.4 is 10.6 Å². The summed E-state index contributed by atoms with van der Waals surface area (Å²) in [5, 5.41) is 24.4. The second-order valence-corrected chi connectivity index (χ2v) is 11.3. The number of carbonyl (C=O) groups excluding carboxylic acids is 3. The molecule has 3 aliphatic rings. The molecule has 11 heteroatoms. The molecule has 3 saturated heterocycles. The van der Waals surface area contributed by atoms with E-state index in [9.17, 15) is 19.5 Å². The van der Waals surface area contributed by atoms with Crippen LogP contribution in [0.5, 0.6) is 0 Å². The van der Waals surface area contributed by atoms with E-state index in [-0.39, 0.29) is 31.0 Å². The van der Waals surface area contributed by atoms with Crippen molar-refractivity contribution in [3.05, 3.63) is 54.6 Å². The zero-order valence-corrected chi connectivity index (χ0v) is 22.8. The van der Waals surface area contributed by atoms with Crippen LogP contribution in [-0.4, -0.2) is 72.6 Å². The summed E-state index contributed by atoms with van der Waals surface area (Å²) in [4.78, 5) is 43.5. The van der Waals surface area contributed by atoms with E-state index < -0.39 is 41.0 Å². The number of para-hydroxylation sites is 2. The van der Waals surface area contributed by atoms with E-state index in [1.54, 1.807) is 16.8 Å². The Morgan fingerprint density at radius 2 is 1.88 bits per heavy atom. The maximum atomic E-state index is 14.2. The van der Waals surface area contributed by atoms with Crippen molar-refractivity contribution in [1.29, 1.82) is 0 Å². The monoisotopic (exact) mass is 546 g/mol. The first kappa shape index (κ1) is 26.4. The molecule has 1 spiro atoms. The molecule has 40 heavy (non-hydrogen) atoms. The van der Waals surface area contributed by atoms with Crippen LogP contribution in [0, 0.1) is 17.8 Å². The fraction of sp³-hybridized carbons (Fsp3) is 0.483. The molecule has 3 fully saturated rings. The number of aliphatic hydroxyl groups excluding tert-OH is 1. The molecular weight excluding hydrogens is 512 g/mol. The third-order valence-corrected chi connectivity index (χ3v) is 9.22. The summed E-state index contributed by atoms with van der Waals surface area (Å²) < 4.78 is 8.32. The highest BCUT2D eigenvalue weighted by Gasteiger charge is 2.80. The number of aromatic nitrogens is 3. The summed E-state index contributed by atoms with van der Waals surface area (Å²) in [7, 11) is 0. The van der Waals surface area contributed by atoms with Crippen LogP contribution >= 0.6 is 0 Å². The van der Waals surface area contributed by atoms with E-state index in [0.717, 1.165) is 5.52 Å². The second-order valence-electron chi connectivity index (χ2n) is 11.3. The average molecular weight is 547 g/mol. The minimum Gasteiger partial charge on any atom is -0.394 e. The van der Waals surface area contributed by atoms with Gasteiger partial charge in [0.15, 0.2) is 0 Å². The van der Waals surface area contributed by atoms with E-state index in [1.165, 1.54) is 4.90 Å². The van der Waals surface area contributed by atoms with Gasteiger partial charge < -0.3 is 25.4 Å². The van der Waals surface area contributed by atoms with Crippen molar-refractivity contribution in [3.8, 4) is 0 Å². The molecule has 0 saturated carbocycles. The van der Waals surface area contributed by atoms with E-state index in [1.807, 2.05) is 63.2 Å². The molecule has 4 heterocycles. The van der Waals surface area contributed by atoms with Crippen LogP contribution in [0.4, 0.5) is 5.69 Å². The molecule has 3 amide bonds. The van der Waals surface area contributed by atoms with Gasteiger partial charge in [-0.2, -0.15) is 0 Å². The van der Waals surface area contributed by atoms with Gasteiger partial charge >= 0.3 is 0 Å². The fourth-order valence-electron chi connectivity index (χ4n) is 7.21. The van der Waals surface area contributed by atoms with Gasteiger partial charge in [0.2, 0.25) is 17.7 Å². The molecule has 3 aromatic rings. The largest absolute Gasteiger partial charge is 0.394 e. The third kappa shape index (κ3) is 3.75. The molecule has 0 radical (unpaired) electrons. The number of likely N-dealkylation sites (tertiary alicyclic amines) is 1. The Morgan fingerprint density at radius 3 is 2.60 bits per heavy atom. The minimum absolute atomic E-state index is 0.0410. The van der Waals surface area contributed by atoms with Gasteiger partial charge in [0, 0.05) is 5.69 Å². The van der Waals surface area contributed by atoms with Crippen molar-refractivity contribution in [3.63, 3.8) is 0 Å². The first-order valence-corrected chi connectivity index (χ1v) is 13.8. The van der Waals surface area contributed by atoms with Gasteiger partial charge in [0.05, 0.1) is 35.6 Å². The van der Waals surface area contributed by atoms with Crippen LogP contribution in [0.2, 0.25) is 0 Å². The highest BCUT2D eigenvalue weighted by Crippen LogP contribution is 2.65. The van der Waals surface area contributed by atoms with Crippen LogP contribution in [0.15, 0.2) is 54.6 Å². The lowest BCUT2D eigenvalue weighted by molar-refractivity contribution is -0.150. The van der Waals surface area contributed by atoms with Crippen molar-refractivity contribution in [2.24, 2.45) is 17.8 Å². The van der Waals surface area contributed by atoms with Gasteiger partial charge in [0.25, 0.3) is 0 Å². The first-order valence-electron chi connectivity index (χ1n) is 13.8. The Balaban J connectivity index is 1.36. The van der Waals surface area contributed by atoms with E-state index >= 15 is 0 Å². The summed E-state index contributed by atoms with van der Waals surface area (Å²) in [5.41, 5.74) is -0.0597. The Bertz CT molecular complexity index is 1460. The fourth-order valence-corrected chi connectivity index (χ4v) is 7.21. The zero-order valence-electron chi connectivity index (χ0n) is 22.8. The summed E-state index contributed by atoms with van der Waals surface area (Å²) in [6.07, 6.45) is 0.883. The molecule has 3 N–H and O–H groups in total. The predicted octanol–water partition coefficient (Wildman–Crippen LogP) is 1.93. The van der Waals surface area contributed by atoms with Gasteiger partial charge in [0.1, 0.15) is 23.8 Å². The Labute approximate surface area is 231 Å². The summed E-state index contributed by atoms with van der Waals surface area (Å²) in [6, 6.07) is 14.9. The van der Waals surface area contributed by atoms with Gasteiger partial charge in [-0.05, 0) is 49.9 Å². The van der Waals surface area contributed by atoms with Crippen LogP contribution in [0.3, 0.4) is 0 Å². The van der Waals surface area contributed by atoms with Gasteiger partial charge in [-0.3, -0.25) is 14.4 Å². The van der Waals surface area contributed by atoms with E-state index in [4.69, 9.17) is 4.74 Å². The number of carbonyl (C=O) groups is 3. The van der Waals surface area contributed by atoms with Gasteiger partial charge in [-0.1, -0.05) is 49.4 Å². The number of ether oxygens (including phenoxy) is 1. The number of hydrogen-bond donors (Lipinski definition) is 3. The average Bonchev–Trinajstić information content (AvgIpc) is 3.62. The van der Waals surface area contributed by atoms with Gasteiger partial charge in [-0.25, -0.2) is 4.68 Å². The smallest absolute Gasteiger partial charge is 0.247 e. The number of amides is 3. The lowest BCUT2D eigenvalue weighted by Gasteiger charge is -2.36. The summed E-state index contributed by atoms with van der Waals surface area (Å²) in [6.45, 7) is 5.46. The number of benzene rings is 2. The molecule has 7 atom stereocenters. The Morgan fingerprint density at radius 1 is 1.15 bits per heavy atom. The van der Waals surface area contributed by atoms with Gasteiger partial charge in [-0.15, -0.1) is 5.10 Å². The topological polar surface area (TPSA) is 139 Å². The lowest BCUT2D eigenvalue weighted by Crippen LogP contribution is -2.58. The van der Waals surface area contributed by atoms with E-state index in [2.05, 4.69) is 20.9 Å². The number of anilines is 1. The van der Waals surface area contributed by atoms with Crippen molar-refractivity contribution >= 4 is 34.4 Å². The quantitative estimate of drug-likeness (QED) is 0.392. The molecule has 3 unspecified atom stereocenters. The number of aliphatic hydroxyl groups is 1. The normalized spacial score (nSPS) is 31.4. The Hall–Kier alpha value is -3.83. The standard InChI is InChI=1S/C29H34N6O5/c1-4-19(15-36)35-24(26(38)30-16-34-21-13-9-8-12-20(21)32-33-34)29-14-17(2)28(3,40-29)22(23(29)27(35)39)25(37)31-18-10-6-5-7-11-18/h5-13,17,19,22-24,36H,4,14-16H2,1-3H3,(H,30,38)(H,31,37)/t17?,19-,22+,23-,24?,28-,29?/m0/s1. The molecule has 1 aromatic heterocycles. The van der Waals surface area contributed by atoms with Crippen molar-refractivity contribution < 1.29 is 24.2 Å². The number of rotatable bonds is 8. The highest BCUT2D eigenvalue weighted by atomic mass is 16.5. The molecule has 210 valence electrons. The molecule has 6 rings (SSSR count). The van der Waals surface area contributed by atoms with Crippen LogP contribution in [0.1, 0.15) is 33.6 Å². The second kappa shape index (κ2) is 9.67. The van der Waals surface area contributed by atoms with Crippen molar-refractivity contribution in [2.45, 2.75) is 63.6 Å². The molecule has 2 bridgehead atoms. The summed E-state index contributed by atoms with van der Waals surface area (Å²) >= 11 is 0. The zero-order chi connectivity index (χ0) is 28.2. The summed E-state index contributed by atoms with van der Waals surface area (Å²) in [5.74, 6) is -2.82. The first-order chi connectivity index (χ1) is 19.2. The van der Waals surface area contributed by atoms with Crippen molar-refractivity contribution in [2.75, 3.05) is 11.9 Å². The maximum Gasteiger partial charge on any atom is 0.247 e. The molecule has 3 aliphatic heterocycles.